The van der Waals surface area contributed by atoms with Crippen LogP contribution in [-0.2, 0) is 4.74 Å². The Kier molecular flexibility index (Phi) is 3.14. The number of rotatable bonds is 3. The minimum Gasteiger partial charge on any atom is -0.478 e. The van der Waals surface area contributed by atoms with Crippen molar-refractivity contribution in [3.05, 3.63) is 23.7 Å². The fraction of sp³-hybridized carbons (Fsp3) is 0.455. The molecular formula is C11H13NO5. The highest BCUT2D eigenvalue weighted by Crippen LogP contribution is 2.15. The molecule has 1 saturated heterocycles. The summed E-state index contributed by atoms with van der Waals surface area (Å²) in [6.45, 7) is 2.45. The molecule has 1 aromatic heterocycles. The number of carbonyl (C=O) groups excluding carboxylic acids is 1. The second-order valence-corrected chi connectivity index (χ2v) is 3.91. The van der Waals surface area contributed by atoms with Gasteiger partial charge in [-0.25, -0.2) is 4.79 Å². The van der Waals surface area contributed by atoms with Crippen LogP contribution in [0, 0.1) is 0 Å². The van der Waals surface area contributed by atoms with E-state index in [1.165, 1.54) is 12.3 Å². The van der Waals surface area contributed by atoms with Crippen LogP contribution in [0.15, 0.2) is 16.7 Å². The summed E-state index contributed by atoms with van der Waals surface area (Å²) in [7, 11) is 0. The predicted octanol–water partition coefficient (Wildman–Crippen LogP) is 0.885. The van der Waals surface area contributed by atoms with Gasteiger partial charge in [-0.05, 0) is 19.4 Å². The summed E-state index contributed by atoms with van der Waals surface area (Å²) >= 11 is 0. The van der Waals surface area contributed by atoms with Crippen molar-refractivity contribution in [1.29, 1.82) is 0 Å². The van der Waals surface area contributed by atoms with E-state index in [0.717, 1.165) is 6.42 Å². The van der Waals surface area contributed by atoms with E-state index in [-0.39, 0.29) is 23.5 Å². The molecule has 1 fully saturated rings. The molecule has 2 heterocycles. The fourth-order valence-corrected chi connectivity index (χ4v) is 1.81. The molecule has 6 nitrogen and oxygen atoms in total. The summed E-state index contributed by atoms with van der Waals surface area (Å²) in [6.07, 6.45) is 1.84. The number of carboxylic acids is 1. The van der Waals surface area contributed by atoms with Crippen molar-refractivity contribution in [2.75, 3.05) is 6.61 Å². The molecule has 0 spiro atoms. The van der Waals surface area contributed by atoms with Crippen LogP contribution < -0.4 is 5.32 Å². The zero-order valence-electron chi connectivity index (χ0n) is 9.30. The van der Waals surface area contributed by atoms with Gasteiger partial charge >= 0.3 is 5.97 Å². The summed E-state index contributed by atoms with van der Waals surface area (Å²) in [6, 6.07) is 1.15. The summed E-state index contributed by atoms with van der Waals surface area (Å²) in [5, 5.41) is 11.6. The zero-order valence-corrected chi connectivity index (χ0v) is 9.30. The molecular weight excluding hydrogens is 226 g/mol. The Morgan fingerprint density at radius 1 is 1.53 bits per heavy atom. The maximum absolute atomic E-state index is 11.8. The number of ether oxygens (including phenoxy) is 1. The van der Waals surface area contributed by atoms with Crippen LogP contribution in [0.3, 0.4) is 0 Å². The highest BCUT2D eigenvalue weighted by atomic mass is 16.5. The highest BCUT2D eigenvalue weighted by molar-refractivity contribution is 6.02. The first-order valence-electron chi connectivity index (χ1n) is 5.33. The van der Waals surface area contributed by atoms with Gasteiger partial charge in [-0.2, -0.15) is 0 Å². The number of aromatic carboxylic acids is 1. The lowest BCUT2D eigenvalue weighted by atomic mass is 10.1. The minimum atomic E-state index is -1.18. The van der Waals surface area contributed by atoms with Crippen LogP contribution in [0.1, 0.15) is 34.3 Å². The lowest BCUT2D eigenvalue weighted by Gasteiger charge is -2.15. The third-order valence-corrected chi connectivity index (χ3v) is 2.79. The van der Waals surface area contributed by atoms with Gasteiger partial charge in [0.25, 0.3) is 5.91 Å². The molecule has 0 saturated carbocycles. The lowest BCUT2D eigenvalue weighted by Crippen LogP contribution is -2.39. The van der Waals surface area contributed by atoms with Crippen LogP contribution in [-0.4, -0.2) is 35.7 Å². The Morgan fingerprint density at radius 2 is 2.29 bits per heavy atom. The van der Waals surface area contributed by atoms with Crippen molar-refractivity contribution in [2.45, 2.75) is 25.5 Å². The van der Waals surface area contributed by atoms with Gasteiger partial charge < -0.3 is 19.6 Å². The third-order valence-electron chi connectivity index (χ3n) is 2.79. The van der Waals surface area contributed by atoms with E-state index < -0.39 is 11.9 Å². The molecule has 1 aromatic rings. The molecule has 1 aliphatic rings. The molecule has 0 aromatic carbocycles. The van der Waals surface area contributed by atoms with Gasteiger partial charge in [-0.15, -0.1) is 0 Å². The third kappa shape index (κ3) is 2.31. The average Bonchev–Trinajstić information content (AvgIpc) is 2.87. The molecule has 1 aliphatic heterocycles. The number of furan rings is 1. The normalized spacial score (nSPS) is 23.6. The first-order chi connectivity index (χ1) is 8.09. The van der Waals surface area contributed by atoms with Gasteiger partial charge in [0.2, 0.25) is 5.76 Å². The van der Waals surface area contributed by atoms with E-state index in [2.05, 4.69) is 5.32 Å². The Hall–Kier alpha value is -1.82. The van der Waals surface area contributed by atoms with E-state index >= 15 is 0 Å². The van der Waals surface area contributed by atoms with Crippen LogP contribution in [0.5, 0.6) is 0 Å². The molecule has 0 radical (unpaired) electrons. The maximum atomic E-state index is 11.8. The SMILES string of the molecule is CC1OCCC1NC(=O)c1occc1C(=O)O. The smallest absolute Gasteiger partial charge is 0.339 e. The van der Waals surface area contributed by atoms with Crippen molar-refractivity contribution in [3.8, 4) is 0 Å². The second-order valence-electron chi connectivity index (χ2n) is 3.91. The number of carbonyl (C=O) groups is 2. The summed E-state index contributed by atoms with van der Waals surface area (Å²) < 4.78 is 10.2. The molecule has 2 rings (SSSR count). The summed E-state index contributed by atoms with van der Waals surface area (Å²) in [4.78, 5) is 22.6. The van der Waals surface area contributed by atoms with E-state index in [1.54, 1.807) is 0 Å². The number of nitrogens with one attached hydrogen (secondary N) is 1. The monoisotopic (exact) mass is 239 g/mol. The van der Waals surface area contributed by atoms with Crippen LogP contribution in [0.4, 0.5) is 0 Å². The fourth-order valence-electron chi connectivity index (χ4n) is 1.81. The largest absolute Gasteiger partial charge is 0.478 e. The molecule has 0 bridgehead atoms. The van der Waals surface area contributed by atoms with Gasteiger partial charge in [-0.1, -0.05) is 0 Å². The van der Waals surface area contributed by atoms with E-state index in [1.807, 2.05) is 6.92 Å². The van der Waals surface area contributed by atoms with Crippen LogP contribution in [0.25, 0.3) is 0 Å². The number of hydrogen-bond acceptors (Lipinski definition) is 4. The molecule has 6 heteroatoms. The first-order valence-corrected chi connectivity index (χ1v) is 5.33. The van der Waals surface area contributed by atoms with E-state index in [4.69, 9.17) is 14.3 Å². The van der Waals surface area contributed by atoms with Crippen molar-refractivity contribution in [3.63, 3.8) is 0 Å². The van der Waals surface area contributed by atoms with Crippen LogP contribution in [0.2, 0.25) is 0 Å². The Labute approximate surface area is 97.6 Å². The summed E-state index contributed by atoms with van der Waals surface area (Å²) in [5.74, 6) is -1.87. The van der Waals surface area contributed by atoms with Gasteiger partial charge in [0.15, 0.2) is 0 Å². The Balaban J connectivity index is 2.09. The number of carboxylic acid groups (broad SMARTS) is 1. The predicted molar refractivity (Wildman–Crippen MR) is 57.0 cm³/mol. The van der Waals surface area contributed by atoms with Gasteiger partial charge in [-0.3, -0.25) is 4.79 Å². The van der Waals surface area contributed by atoms with E-state index in [9.17, 15) is 9.59 Å². The van der Waals surface area contributed by atoms with Crippen molar-refractivity contribution < 1.29 is 23.8 Å². The maximum Gasteiger partial charge on any atom is 0.339 e. The molecule has 17 heavy (non-hydrogen) atoms. The van der Waals surface area contributed by atoms with Crippen LogP contribution >= 0.6 is 0 Å². The zero-order chi connectivity index (χ0) is 12.4. The van der Waals surface area contributed by atoms with Gasteiger partial charge in [0.05, 0.1) is 18.4 Å². The average molecular weight is 239 g/mol. The molecule has 2 N–H and O–H groups in total. The molecule has 92 valence electrons. The van der Waals surface area contributed by atoms with Crippen molar-refractivity contribution in [1.82, 2.24) is 5.32 Å². The number of hydrogen-bond donors (Lipinski definition) is 2. The standard InChI is InChI=1S/C11H13NO5/c1-6-8(3-5-16-6)12-10(13)9-7(11(14)15)2-4-17-9/h2,4,6,8H,3,5H2,1H3,(H,12,13)(H,14,15). The van der Waals surface area contributed by atoms with Gasteiger partial charge in [0.1, 0.15) is 5.56 Å². The first kappa shape index (κ1) is 11.7. The van der Waals surface area contributed by atoms with Crippen molar-refractivity contribution in [2.24, 2.45) is 0 Å². The second kappa shape index (κ2) is 4.58. The highest BCUT2D eigenvalue weighted by Gasteiger charge is 2.28. The molecule has 1 amide bonds. The molecule has 2 unspecified atom stereocenters. The topological polar surface area (TPSA) is 88.8 Å². The molecule has 2 atom stereocenters. The van der Waals surface area contributed by atoms with E-state index in [0.29, 0.717) is 6.61 Å². The summed E-state index contributed by atoms with van der Waals surface area (Å²) in [5.41, 5.74) is -0.130. The van der Waals surface area contributed by atoms with Crippen molar-refractivity contribution >= 4 is 11.9 Å². The number of amides is 1. The Morgan fingerprint density at radius 3 is 2.88 bits per heavy atom. The quantitative estimate of drug-likeness (QED) is 0.817. The Bertz CT molecular complexity index is 439. The molecule has 0 aliphatic carbocycles. The van der Waals surface area contributed by atoms with Gasteiger partial charge in [0, 0.05) is 6.61 Å². The minimum absolute atomic E-state index is 0.0674. The lowest BCUT2D eigenvalue weighted by molar-refractivity contribution is 0.0685.